The summed E-state index contributed by atoms with van der Waals surface area (Å²) in [4.78, 5) is 1.68. The van der Waals surface area contributed by atoms with Gasteiger partial charge < -0.3 is 5.32 Å². The van der Waals surface area contributed by atoms with Crippen LogP contribution in [0.4, 0.5) is 0 Å². The van der Waals surface area contributed by atoms with E-state index in [2.05, 4.69) is 23.8 Å². The predicted molar refractivity (Wildman–Crippen MR) is 60.9 cm³/mol. The summed E-state index contributed by atoms with van der Waals surface area (Å²) in [5.74, 6) is 2.87. The van der Waals surface area contributed by atoms with Crippen molar-refractivity contribution in [3.05, 3.63) is 21.9 Å². The van der Waals surface area contributed by atoms with Gasteiger partial charge in [0.2, 0.25) is 0 Å². The average Bonchev–Trinajstić information content (AvgIpc) is 2.83. The third-order valence-corrected chi connectivity index (χ3v) is 4.91. The van der Waals surface area contributed by atoms with Gasteiger partial charge in [-0.3, -0.25) is 0 Å². The van der Waals surface area contributed by atoms with Gasteiger partial charge in [0.05, 0.1) is 0 Å². The van der Waals surface area contributed by atoms with Crippen LogP contribution in [0.25, 0.3) is 0 Å². The highest BCUT2D eigenvalue weighted by atomic mass is 32.1. The molecule has 0 radical (unpaired) electrons. The lowest BCUT2D eigenvalue weighted by atomic mass is 9.99. The molecular weight excluding hydrogens is 190 g/mol. The van der Waals surface area contributed by atoms with Crippen LogP contribution >= 0.6 is 11.3 Å². The smallest absolute Gasteiger partial charge is 0.0124 e. The first-order valence-corrected chi connectivity index (χ1v) is 6.49. The highest BCUT2D eigenvalue weighted by Crippen LogP contribution is 2.54. The topological polar surface area (TPSA) is 12.0 Å². The Balaban J connectivity index is 1.93. The first kappa shape index (κ1) is 8.93. The third-order valence-electron chi connectivity index (χ3n) is 3.82. The van der Waals surface area contributed by atoms with Gasteiger partial charge in [0.1, 0.15) is 0 Å². The fraction of sp³-hybridized carbons (Fsp3) is 0.667. The number of thiophene rings is 1. The second-order valence-electron chi connectivity index (χ2n) is 4.67. The lowest BCUT2D eigenvalue weighted by Gasteiger charge is -2.14. The molecule has 0 amide bonds. The van der Waals surface area contributed by atoms with Crippen LogP contribution in [0.2, 0.25) is 0 Å². The Morgan fingerprint density at radius 1 is 1.57 bits per heavy atom. The lowest BCUT2D eigenvalue weighted by molar-refractivity contribution is 0.539. The minimum Gasteiger partial charge on any atom is -0.319 e. The fourth-order valence-electron chi connectivity index (χ4n) is 2.97. The van der Waals surface area contributed by atoms with Gasteiger partial charge in [-0.2, -0.15) is 0 Å². The van der Waals surface area contributed by atoms with E-state index in [0.717, 1.165) is 17.8 Å². The molecule has 2 unspecified atom stereocenters. The van der Waals surface area contributed by atoms with Gasteiger partial charge >= 0.3 is 0 Å². The maximum Gasteiger partial charge on any atom is 0.0124 e. The molecule has 3 atom stereocenters. The fourth-order valence-corrected chi connectivity index (χ4v) is 4.11. The second-order valence-corrected chi connectivity index (χ2v) is 5.62. The van der Waals surface area contributed by atoms with Gasteiger partial charge in [-0.1, -0.05) is 0 Å². The summed E-state index contributed by atoms with van der Waals surface area (Å²) in [6, 6.07) is 2.34. The van der Waals surface area contributed by atoms with Crippen LogP contribution in [0.5, 0.6) is 0 Å². The van der Waals surface area contributed by atoms with Crippen molar-refractivity contribution >= 4 is 11.3 Å². The van der Waals surface area contributed by atoms with E-state index in [1.807, 2.05) is 11.3 Å². The van der Waals surface area contributed by atoms with Crippen molar-refractivity contribution in [1.82, 2.24) is 5.32 Å². The predicted octanol–water partition coefficient (Wildman–Crippen LogP) is 2.63. The van der Waals surface area contributed by atoms with Crippen molar-refractivity contribution in [1.29, 1.82) is 0 Å². The van der Waals surface area contributed by atoms with Crippen LogP contribution < -0.4 is 5.32 Å². The molecule has 0 aromatic carbocycles. The standard InChI is InChI=1S/C12H17NS/c1-13-7-11-10-6-9(10)3-2-8-4-5-14-12(8)11/h4-5,9-11,13H,2-3,6-7H2,1H3/t9?,10?,11-/m1/s1. The number of hydrogen-bond donors (Lipinski definition) is 1. The molecule has 0 aliphatic heterocycles. The van der Waals surface area contributed by atoms with E-state index in [9.17, 15) is 0 Å². The van der Waals surface area contributed by atoms with Crippen LogP contribution in [0.15, 0.2) is 11.4 Å². The molecule has 1 aromatic rings. The summed E-state index contributed by atoms with van der Waals surface area (Å²) in [6.07, 6.45) is 4.26. The molecule has 0 saturated heterocycles. The average molecular weight is 207 g/mol. The SMILES string of the molecule is CNC[C@H]1c2sccc2CCC2CC21. The van der Waals surface area contributed by atoms with E-state index in [1.54, 1.807) is 10.4 Å². The van der Waals surface area contributed by atoms with Crippen molar-refractivity contribution in [3.63, 3.8) is 0 Å². The first-order valence-electron chi connectivity index (χ1n) is 5.61. The van der Waals surface area contributed by atoms with Crippen molar-refractivity contribution in [2.24, 2.45) is 11.8 Å². The largest absolute Gasteiger partial charge is 0.319 e. The van der Waals surface area contributed by atoms with Gasteiger partial charge in [-0.25, -0.2) is 0 Å². The Kier molecular flexibility index (Phi) is 2.14. The molecule has 1 nitrogen and oxygen atoms in total. The highest BCUT2D eigenvalue weighted by molar-refractivity contribution is 7.10. The normalized spacial score (nSPS) is 34.5. The van der Waals surface area contributed by atoms with Gasteiger partial charge in [0.15, 0.2) is 0 Å². The van der Waals surface area contributed by atoms with Gasteiger partial charge in [0, 0.05) is 17.3 Å². The van der Waals surface area contributed by atoms with E-state index in [4.69, 9.17) is 0 Å². The number of rotatable bonds is 2. The monoisotopic (exact) mass is 207 g/mol. The molecule has 1 heterocycles. The number of likely N-dealkylation sites (N-methyl/N-ethyl adjacent to an activating group) is 1. The summed E-state index contributed by atoms with van der Waals surface area (Å²) in [5, 5.41) is 5.63. The zero-order valence-electron chi connectivity index (χ0n) is 8.62. The Morgan fingerprint density at radius 2 is 2.50 bits per heavy atom. The van der Waals surface area contributed by atoms with Crippen LogP contribution in [0.3, 0.4) is 0 Å². The molecule has 76 valence electrons. The van der Waals surface area contributed by atoms with Gasteiger partial charge in [-0.15, -0.1) is 11.3 Å². The molecule has 3 rings (SSSR count). The van der Waals surface area contributed by atoms with Crippen molar-refractivity contribution < 1.29 is 0 Å². The molecular formula is C12H17NS. The van der Waals surface area contributed by atoms with E-state index >= 15 is 0 Å². The Bertz CT molecular complexity index is 331. The molecule has 2 aliphatic rings. The quantitative estimate of drug-likeness (QED) is 0.786. The van der Waals surface area contributed by atoms with Crippen LogP contribution in [-0.2, 0) is 6.42 Å². The Labute approximate surface area is 89.5 Å². The summed E-state index contributed by atoms with van der Waals surface area (Å²) in [6.45, 7) is 1.18. The number of fused-ring (bicyclic) bond motifs is 2. The highest BCUT2D eigenvalue weighted by Gasteiger charge is 2.45. The zero-order valence-corrected chi connectivity index (χ0v) is 9.44. The number of hydrogen-bond acceptors (Lipinski definition) is 2. The molecule has 2 heteroatoms. The summed E-state index contributed by atoms with van der Waals surface area (Å²) >= 11 is 1.98. The molecule has 1 saturated carbocycles. The van der Waals surface area contributed by atoms with Crippen LogP contribution in [0, 0.1) is 11.8 Å². The number of nitrogens with one attached hydrogen (secondary N) is 1. The van der Waals surface area contributed by atoms with E-state index < -0.39 is 0 Å². The third kappa shape index (κ3) is 1.32. The molecule has 0 spiro atoms. The van der Waals surface area contributed by atoms with Crippen molar-refractivity contribution in [3.8, 4) is 0 Å². The van der Waals surface area contributed by atoms with Gasteiger partial charge in [-0.05, 0) is 55.2 Å². The van der Waals surface area contributed by atoms with Crippen molar-refractivity contribution in [2.75, 3.05) is 13.6 Å². The summed E-state index contributed by atoms with van der Waals surface area (Å²) < 4.78 is 0. The molecule has 2 aliphatic carbocycles. The molecule has 1 aromatic heterocycles. The van der Waals surface area contributed by atoms with Crippen LogP contribution in [0.1, 0.15) is 29.2 Å². The van der Waals surface area contributed by atoms with Crippen molar-refractivity contribution in [2.45, 2.75) is 25.2 Å². The first-order chi connectivity index (χ1) is 6.90. The maximum atomic E-state index is 3.36. The number of aryl methyl sites for hydroxylation is 1. The van der Waals surface area contributed by atoms with Gasteiger partial charge in [0.25, 0.3) is 0 Å². The molecule has 14 heavy (non-hydrogen) atoms. The molecule has 1 N–H and O–H groups in total. The zero-order chi connectivity index (χ0) is 9.54. The van der Waals surface area contributed by atoms with E-state index in [1.165, 1.54) is 25.8 Å². The summed E-state index contributed by atoms with van der Waals surface area (Å²) in [7, 11) is 2.08. The van der Waals surface area contributed by atoms with E-state index in [0.29, 0.717) is 0 Å². The molecule has 0 bridgehead atoms. The van der Waals surface area contributed by atoms with E-state index in [-0.39, 0.29) is 0 Å². The second kappa shape index (κ2) is 3.35. The maximum absolute atomic E-state index is 3.36. The minimum absolute atomic E-state index is 0.822. The van der Waals surface area contributed by atoms with Crippen LogP contribution in [-0.4, -0.2) is 13.6 Å². The Morgan fingerprint density at radius 3 is 3.36 bits per heavy atom. The minimum atomic E-state index is 0.822. The summed E-state index contributed by atoms with van der Waals surface area (Å²) in [5.41, 5.74) is 1.64. The lowest BCUT2D eigenvalue weighted by Crippen LogP contribution is -2.18. The molecule has 1 fully saturated rings. The Hall–Kier alpha value is -0.340.